The van der Waals surface area contributed by atoms with Crippen molar-refractivity contribution in [3.8, 4) is 0 Å². The lowest BCUT2D eigenvalue weighted by molar-refractivity contribution is 0.166. The summed E-state index contributed by atoms with van der Waals surface area (Å²) >= 11 is 0. The first kappa shape index (κ1) is 23.1. The van der Waals surface area contributed by atoms with Gasteiger partial charge in [-0.1, -0.05) is 47.1 Å². The van der Waals surface area contributed by atoms with E-state index in [4.69, 9.17) is 14.2 Å². The Kier molecular flexibility index (Phi) is 12.9. The Morgan fingerprint density at radius 2 is 1.83 bits per heavy atom. The fourth-order valence-corrected chi connectivity index (χ4v) is 3.43. The number of hydrogen-bond donors (Lipinski definition) is 1. The van der Waals surface area contributed by atoms with Crippen molar-refractivity contribution >= 4 is 7.60 Å². The molecule has 1 unspecified atom stereocenters. The van der Waals surface area contributed by atoms with Crippen LogP contribution in [0.25, 0.3) is 0 Å². The molecule has 0 aromatic carbocycles. The van der Waals surface area contributed by atoms with Crippen molar-refractivity contribution in [3.05, 3.63) is 47.1 Å². The average Bonchev–Trinajstić information content (AvgIpc) is 2.51. The van der Waals surface area contributed by atoms with Crippen LogP contribution in [0.5, 0.6) is 0 Å². The van der Waals surface area contributed by atoms with Crippen LogP contribution >= 0.6 is 7.60 Å². The topological polar surface area (TPSA) is 55.8 Å². The van der Waals surface area contributed by atoms with E-state index in [1.54, 1.807) is 6.92 Å². The monoisotopic (exact) mass is 356 g/mol. The van der Waals surface area contributed by atoms with Crippen LogP contribution in [0.3, 0.4) is 0 Å². The van der Waals surface area contributed by atoms with E-state index in [9.17, 15) is 4.57 Å². The second kappa shape index (κ2) is 13.4. The molecule has 0 bridgehead atoms. The predicted molar refractivity (Wildman–Crippen MR) is 102 cm³/mol. The predicted octanol–water partition coefficient (Wildman–Crippen LogP) is 5.42. The number of aliphatic hydroxyl groups excluding tert-OH is 1. The molecule has 0 saturated carbocycles. The first-order valence-corrected chi connectivity index (χ1v) is 10.2. The van der Waals surface area contributed by atoms with Gasteiger partial charge in [-0.3, -0.25) is 4.57 Å². The summed E-state index contributed by atoms with van der Waals surface area (Å²) in [4.78, 5) is 0. The molecule has 24 heavy (non-hydrogen) atoms. The summed E-state index contributed by atoms with van der Waals surface area (Å²) < 4.78 is 22.8. The maximum atomic E-state index is 12.4. The summed E-state index contributed by atoms with van der Waals surface area (Å²) in [5, 5.41) is 8.80. The summed E-state index contributed by atoms with van der Waals surface area (Å²) in [5.41, 5.74) is 3.66. The minimum Gasteiger partial charge on any atom is -0.394 e. The molecule has 138 valence electrons. The van der Waals surface area contributed by atoms with Crippen LogP contribution in [0.1, 0.15) is 47.5 Å². The third-order valence-electron chi connectivity index (χ3n) is 3.17. The summed E-state index contributed by atoms with van der Waals surface area (Å²) in [6.45, 7) is 10.2. The summed E-state index contributed by atoms with van der Waals surface area (Å²) in [6, 6.07) is 0. The average molecular weight is 356 g/mol. The standard InChI is InChI=1S/C19H33O4P/c1-6-22-24(21,23-15-14-20)16-13-19(5)12-8-11-18(4)10-7-9-17(2)3/h8-9,11-13,20H,6-7,10,14-16H2,1-5H3/b12-8+,18-11+,19-13+. The van der Waals surface area contributed by atoms with Crippen molar-refractivity contribution in [2.45, 2.75) is 47.5 Å². The molecule has 0 heterocycles. The van der Waals surface area contributed by atoms with Gasteiger partial charge < -0.3 is 14.2 Å². The Hall–Kier alpha value is -0.930. The van der Waals surface area contributed by atoms with Gasteiger partial charge in [0.1, 0.15) is 0 Å². The first-order valence-electron chi connectivity index (χ1n) is 8.46. The quantitative estimate of drug-likeness (QED) is 0.288. The number of hydrogen-bond acceptors (Lipinski definition) is 4. The summed E-state index contributed by atoms with van der Waals surface area (Å²) in [6.07, 6.45) is 12.5. The van der Waals surface area contributed by atoms with Gasteiger partial charge in [0.05, 0.1) is 26.0 Å². The number of rotatable bonds is 12. The van der Waals surface area contributed by atoms with E-state index in [1.807, 2.05) is 25.2 Å². The highest BCUT2D eigenvalue weighted by Gasteiger charge is 2.21. The zero-order valence-corrected chi connectivity index (χ0v) is 16.6. The Morgan fingerprint density at radius 3 is 2.42 bits per heavy atom. The molecule has 1 atom stereocenters. The molecule has 0 aliphatic heterocycles. The van der Waals surface area contributed by atoms with Crippen molar-refractivity contribution in [1.29, 1.82) is 0 Å². The molecule has 0 aliphatic rings. The zero-order chi connectivity index (χ0) is 18.4. The van der Waals surface area contributed by atoms with Gasteiger partial charge in [-0.05, 0) is 47.5 Å². The minimum atomic E-state index is -3.16. The van der Waals surface area contributed by atoms with Crippen molar-refractivity contribution < 1.29 is 18.7 Å². The SMILES string of the molecule is CCOP(=O)(C/C=C(C)/C=C/C=C(\C)CCC=C(C)C)OCCO. The lowest BCUT2D eigenvalue weighted by atomic mass is 10.1. The molecule has 0 rings (SSSR count). The van der Waals surface area contributed by atoms with Crippen molar-refractivity contribution in [3.63, 3.8) is 0 Å². The fourth-order valence-electron chi connectivity index (χ4n) is 1.88. The normalized spacial score (nSPS) is 15.6. The van der Waals surface area contributed by atoms with Gasteiger partial charge >= 0.3 is 7.60 Å². The van der Waals surface area contributed by atoms with Gasteiger partial charge in [-0.25, -0.2) is 0 Å². The molecule has 1 N–H and O–H groups in total. The van der Waals surface area contributed by atoms with Crippen LogP contribution in [-0.2, 0) is 13.6 Å². The highest BCUT2D eigenvalue weighted by atomic mass is 31.2. The maximum absolute atomic E-state index is 12.4. The van der Waals surface area contributed by atoms with E-state index >= 15 is 0 Å². The maximum Gasteiger partial charge on any atom is 0.334 e. The molecule has 0 spiro atoms. The minimum absolute atomic E-state index is 0.0214. The fraction of sp³-hybridized carbons (Fsp3) is 0.579. The van der Waals surface area contributed by atoms with E-state index < -0.39 is 7.60 Å². The van der Waals surface area contributed by atoms with Crippen LogP contribution in [0.2, 0.25) is 0 Å². The molecule has 0 aliphatic carbocycles. The molecule has 0 amide bonds. The second-order valence-electron chi connectivity index (χ2n) is 5.91. The summed E-state index contributed by atoms with van der Waals surface area (Å²) in [7, 11) is -3.16. The van der Waals surface area contributed by atoms with Crippen LogP contribution in [0.15, 0.2) is 47.1 Å². The Labute approximate surface area is 147 Å². The molecular weight excluding hydrogens is 323 g/mol. The van der Waals surface area contributed by atoms with Gasteiger partial charge in [0, 0.05) is 0 Å². The van der Waals surface area contributed by atoms with Gasteiger partial charge in [0.25, 0.3) is 0 Å². The van der Waals surface area contributed by atoms with E-state index in [2.05, 4.69) is 32.9 Å². The highest BCUT2D eigenvalue weighted by molar-refractivity contribution is 7.54. The zero-order valence-electron chi connectivity index (χ0n) is 15.7. The van der Waals surface area contributed by atoms with Gasteiger partial charge in [0.2, 0.25) is 0 Å². The van der Waals surface area contributed by atoms with Crippen LogP contribution < -0.4 is 0 Å². The Balaban J connectivity index is 4.55. The molecule has 0 aromatic heterocycles. The summed E-state index contributed by atoms with van der Waals surface area (Å²) in [5.74, 6) is 0. The third-order valence-corrected chi connectivity index (χ3v) is 5.03. The van der Waals surface area contributed by atoms with E-state index in [0.29, 0.717) is 6.61 Å². The number of allylic oxidation sites excluding steroid dienone is 8. The lowest BCUT2D eigenvalue weighted by Crippen LogP contribution is -2.03. The molecule has 0 fully saturated rings. The smallest absolute Gasteiger partial charge is 0.334 e. The van der Waals surface area contributed by atoms with Crippen LogP contribution in [0, 0.1) is 0 Å². The van der Waals surface area contributed by atoms with E-state index in [-0.39, 0.29) is 19.4 Å². The third kappa shape index (κ3) is 12.5. The van der Waals surface area contributed by atoms with Crippen molar-refractivity contribution in [2.24, 2.45) is 0 Å². The van der Waals surface area contributed by atoms with E-state index in [1.165, 1.54) is 11.1 Å². The van der Waals surface area contributed by atoms with Gasteiger partial charge in [-0.15, -0.1) is 0 Å². The van der Waals surface area contributed by atoms with Crippen LogP contribution in [0.4, 0.5) is 0 Å². The van der Waals surface area contributed by atoms with Crippen molar-refractivity contribution in [2.75, 3.05) is 26.0 Å². The number of aliphatic hydroxyl groups is 1. The highest BCUT2D eigenvalue weighted by Crippen LogP contribution is 2.48. The second-order valence-corrected chi connectivity index (χ2v) is 8.01. The van der Waals surface area contributed by atoms with Crippen molar-refractivity contribution in [1.82, 2.24) is 0 Å². The van der Waals surface area contributed by atoms with Crippen LogP contribution in [-0.4, -0.2) is 31.1 Å². The molecule has 0 aromatic rings. The molecular formula is C19H33O4P. The van der Waals surface area contributed by atoms with Gasteiger partial charge in [-0.2, -0.15) is 0 Å². The molecule has 5 heteroatoms. The lowest BCUT2D eigenvalue weighted by Gasteiger charge is -2.15. The molecule has 4 nitrogen and oxygen atoms in total. The Bertz CT molecular complexity index is 511. The van der Waals surface area contributed by atoms with E-state index in [0.717, 1.165) is 18.4 Å². The molecule has 0 radical (unpaired) electrons. The van der Waals surface area contributed by atoms with Gasteiger partial charge in [0.15, 0.2) is 0 Å². The first-order chi connectivity index (χ1) is 11.3. The Morgan fingerprint density at radius 1 is 1.12 bits per heavy atom. The molecule has 0 saturated heterocycles. The largest absolute Gasteiger partial charge is 0.394 e.